The Morgan fingerprint density at radius 3 is 2.80 bits per heavy atom. The number of aromatic nitrogens is 2. The number of methoxy groups -OCH3 is 1. The van der Waals surface area contributed by atoms with Crippen LogP contribution in [0.15, 0.2) is 18.3 Å². The van der Waals surface area contributed by atoms with Gasteiger partial charge in [0.25, 0.3) is 5.88 Å². The average Bonchev–Trinajstić information content (AvgIpc) is 2.65. The average molecular weight is 221 g/mol. The van der Waals surface area contributed by atoms with Gasteiger partial charge in [0.1, 0.15) is 5.69 Å². The highest BCUT2D eigenvalue weighted by Gasteiger charge is 2.10. The van der Waals surface area contributed by atoms with Crippen molar-refractivity contribution in [1.29, 1.82) is 0 Å². The van der Waals surface area contributed by atoms with Crippen molar-refractivity contribution in [1.82, 2.24) is 10.2 Å². The summed E-state index contributed by atoms with van der Waals surface area (Å²) in [5.74, 6) is 0.374. The number of nitrogen functional groups attached to an aromatic ring is 1. The van der Waals surface area contributed by atoms with Crippen LogP contribution in [0.25, 0.3) is 10.4 Å². The molecule has 2 aromatic rings. The molecule has 15 heavy (non-hydrogen) atoms. The predicted octanol–water partition coefficient (Wildman–Crippen LogP) is 2.10. The number of hydrogen-bond donors (Lipinski definition) is 1. The van der Waals surface area contributed by atoms with Gasteiger partial charge in [-0.3, -0.25) is 0 Å². The second-order valence-electron chi connectivity index (χ2n) is 3.09. The van der Waals surface area contributed by atoms with E-state index >= 15 is 0 Å². The van der Waals surface area contributed by atoms with Crippen molar-refractivity contribution in [3.63, 3.8) is 0 Å². The van der Waals surface area contributed by atoms with Gasteiger partial charge in [0.05, 0.1) is 13.3 Å². The van der Waals surface area contributed by atoms with Crippen LogP contribution in [-0.2, 0) is 0 Å². The van der Waals surface area contributed by atoms with Crippen molar-refractivity contribution < 1.29 is 4.74 Å². The first-order valence-electron chi connectivity index (χ1n) is 4.44. The van der Waals surface area contributed by atoms with Crippen molar-refractivity contribution in [3.05, 3.63) is 23.2 Å². The minimum Gasteiger partial charge on any atom is -0.478 e. The Labute approximate surface area is 91.7 Å². The topological polar surface area (TPSA) is 61.0 Å². The molecule has 0 aliphatic rings. The third kappa shape index (κ3) is 1.78. The monoisotopic (exact) mass is 221 g/mol. The van der Waals surface area contributed by atoms with E-state index in [4.69, 9.17) is 10.5 Å². The van der Waals surface area contributed by atoms with Gasteiger partial charge in [-0.2, -0.15) is 5.10 Å². The summed E-state index contributed by atoms with van der Waals surface area (Å²) in [6, 6.07) is 4.07. The van der Waals surface area contributed by atoms with E-state index in [2.05, 4.69) is 17.1 Å². The number of ether oxygens (including phenoxy) is 1. The second kappa shape index (κ2) is 3.86. The molecule has 0 atom stereocenters. The molecular formula is C10H11N3OS. The Hall–Kier alpha value is -1.62. The van der Waals surface area contributed by atoms with Crippen molar-refractivity contribution in [2.75, 3.05) is 12.8 Å². The number of hydrogen-bond acceptors (Lipinski definition) is 5. The lowest BCUT2D eigenvalue weighted by molar-refractivity contribution is 0.394. The van der Waals surface area contributed by atoms with Crippen molar-refractivity contribution in [2.24, 2.45) is 0 Å². The summed E-state index contributed by atoms with van der Waals surface area (Å²) in [5.41, 5.74) is 7.33. The third-order valence-corrected chi connectivity index (χ3v) is 3.09. The van der Waals surface area contributed by atoms with Crippen LogP contribution in [-0.4, -0.2) is 17.3 Å². The lowest BCUT2D eigenvalue weighted by Gasteiger charge is -2.05. The zero-order chi connectivity index (χ0) is 10.8. The fraction of sp³-hybridized carbons (Fsp3) is 0.200. The fourth-order valence-corrected chi connectivity index (χ4v) is 2.20. The SMILES string of the molecule is COc1nncc(-c2ccc(C)s2)c1N. The van der Waals surface area contributed by atoms with E-state index in [1.165, 1.54) is 12.0 Å². The Morgan fingerprint density at radius 1 is 1.40 bits per heavy atom. The molecule has 4 nitrogen and oxygen atoms in total. The van der Waals surface area contributed by atoms with Crippen molar-refractivity contribution in [3.8, 4) is 16.3 Å². The van der Waals surface area contributed by atoms with Crippen LogP contribution in [0.3, 0.4) is 0 Å². The third-order valence-electron chi connectivity index (χ3n) is 2.06. The van der Waals surface area contributed by atoms with Gasteiger partial charge in [-0.05, 0) is 19.1 Å². The molecule has 0 unspecified atom stereocenters. The van der Waals surface area contributed by atoms with E-state index in [0.29, 0.717) is 11.6 Å². The summed E-state index contributed by atoms with van der Waals surface area (Å²) in [6.45, 7) is 2.05. The summed E-state index contributed by atoms with van der Waals surface area (Å²) in [7, 11) is 1.53. The van der Waals surface area contributed by atoms with E-state index in [-0.39, 0.29) is 0 Å². The summed E-state index contributed by atoms with van der Waals surface area (Å²) in [4.78, 5) is 2.32. The minimum atomic E-state index is 0.374. The maximum atomic E-state index is 5.91. The summed E-state index contributed by atoms with van der Waals surface area (Å²) >= 11 is 1.67. The van der Waals surface area contributed by atoms with E-state index in [0.717, 1.165) is 10.4 Å². The maximum absolute atomic E-state index is 5.91. The number of thiophene rings is 1. The van der Waals surface area contributed by atoms with Gasteiger partial charge in [0.2, 0.25) is 0 Å². The summed E-state index contributed by atoms with van der Waals surface area (Å²) in [6.07, 6.45) is 1.66. The summed E-state index contributed by atoms with van der Waals surface area (Å²) in [5, 5.41) is 7.65. The number of nitrogens with two attached hydrogens (primary N) is 1. The lowest BCUT2D eigenvalue weighted by atomic mass is 10.2. The Kier molecular flexibility index (Phi) is 2.55. The van der Waals surface area contributed by atoms with Crippen LogP contribution in [0.4, 0.5) is 5.69 Å². The molecule has 0 radical (unpaired) electrons. The van der Waals surface area contributed by atoms with E-state index < -0.39 is 0 Å². The summed E-state index contributed by atoms with van der Waals surface area (Å²) < 4.78 is 5.02. The molecule has 78 valence electrons. The van der Waals surface area contributed by atoms with E-state index in [9.17, 15) is 0 Å². The van der Waals surface area contributed by atoms with Crippen LogP contribution in [0.1, 0.15) is 4.88 Å². The van der Waals surface area contributed by atoms with Gasteiger partial charge in [0, 0.05) is 15.3 Å². The molecule has 0 aromatic carbocycles. The molecule has 0 fully saturated rings. The predicted molar refractivity (Wildman–Crippen MR) is 61.0 cm³/mol. The molecule has 2 aromatic heterocycles. The lowest BCUT2D eigenvalue weighted by Crippen LogP contribution is -1.98. The molecule has 0 aliphatic heterocycles. The van der Waals surface area contributed by atoms with E-state index in [1.807, 2.05) is 12.1 Å². The van der Waals surface area contributed by atoms with Crippen LogP contribution in [0, 0.1) is 6.92 Å². The maximum Gasteiger partial charge on any atom is 0.257 e. The molecule has 0 aliphatic carbocycles. The highest BCUT2D eigenvalue weighted by atomic mass is 32.1. The number of rotatable bonds is 2. The molecule has 0 amide bonds. The fourth-order valence-electron chi connectivity index (χ4n) is 1.30. The van der Waals surface area contributed by atoms with E-state index in [1.54, 1.807) is 17.5 Å². The molecule has 0 bridgehead atoms. The first kappa shape index (κ1) is 9.92. The number of anilines is 1. The van der Waals surface area contributed by atoms with Crippen molar-refractivity contribution in [2.45, 2.75) is 6.92 Å². The second-order valence-corrected chi connectivity index (χ2v) is 4.38. The molecule has 0 saturated carbocycles. The van der Waals surface area contributed by atoms with Gasteiger partial charge in [-0.1, -0.05) is 0 Å². The van der Waals surface area contributed by atoms with Gasteiger partial charge in [-0.15, -0.1) is 16.4 Å². The molecule has 5 heteroatoms. The highest BCUT2D eigenvalue weighted by molar-refractivity contribution is 7.15. The Morgan fingerprint density at radius 2 is 2.20 bits per heavy atom. The molecular weight excluding hydrogens is 210 g/mol. The van der Waals surface area contributed by atoms with Crippen LogP contribution in [0.2, 0.25) is 0 Å². The zero-order valence-electron chi connectivity index (χ0n) is 8.52. The quantitative estimate of drug-likeness (QED) is 0.843. The van der Waals surface area contributed by atoms with Crippen LogP contribution in [0.5, 0.6) is 5.88 Å². The Balaban J connectivity index is 2.53. The first-order valence-corrected chi connectivity index (χ1v) is 5.26. The smallest absolute Gasteiger partial charge is 0.257 e. The first-order chi connectivity index (χ1) is 7.22. The largest absolute Gasteiger partial charge is 0.478 e. The normalized spacial score (nSPS) is 10.3. The molecule has 0 spiro atoms. The minimum absolute atomic E-state index is 0.374. The Bertz CT molecular complexity index is 481. The van der Waals surface area contributed by atoms with Gasteiger partial charge in [0.15, 0.2) is 0 Å². The van der Waals surface area contributed by atoms with Crippen LogP contribution < -0.4 is 10.5 Å². The van der Waals surface area contributed by atoms with Gasteiger partial charge >= 0.3 is 0 Å². The highest BCUT2D eigenvalue weighted by Crippen LogP contribution is 2.34. The molecule has 2 heterocycles. The zero-order valence-corrected chi connectivity index (χ0v) is 9.34. The number of aryl methyl sites for hydroxylation is 1. The molecule has 0 saturated heterocycles. The molecule has 2 N–H and O–H groups in total. The standard InChI is InChI=1S/C10H11N3OS/c1-6-3-4-8(15-6)7-5-12-13-10(14-2)9(7)11/h3-5H,1-2H3,(H2,11,12). The van der Waals surface area contributed by atoms with Gasteiger partial charge < -0.3 is 10.5 Å². The number of nitrogens with zero attached hydrogens (tertiary/aromatic N) is 2. The van der Waals surface area contributed by atoms with Crippen molar-refractivity contribution >= 4 is 17.0 Å². The van der Waals surface area contributed by atoms with Crippen LogP contribution >= 0.6 is 11.3 Å². The molecule has 2 rings (SSSR count). The van der Waals surface area contributed by atoms with Gasteiger partial charge in [-0.25, -0.2) is 0 Å².